The fraction of sp³-hybridized carbons (Fsp3) is 0.889. The van der Waals surface area contributed by atoms with Gasteiger partial charge >= 0.3 is 0 Å². The summed E-state index contributed by atoms with van der Waals surface area (Å²) in [5.41, 5.74) is 0. The second-order valence-electron chi connectivity index (χ2n) is 3.87. The molecule has 0 radical (unpaired) electrons. The summed E-state index contributed by atoms with van der Waals surface area (Å²) in [6, 6.07) is 0. The summed E-state index contributed by atoms with van der Waals surface area (Å²) in [5, 5.41) is 3.74. The lowest BCUT2D eigenvalue weighted by Gasteiger charge is -2.29. The number of hydrogen-bond acceptors (Lipinski definition) is 2. The first-order valence-corrected chi connectivity index (χ1v) is 4.90. The van der Waals surface area contributed by atoms with Crippen molar-refractivity contribution in [3.05, 3.63) is 0 Å². The maximum Gasteiger partial charge on any atom is 0.140 e. The van der Waals surface area contributed by atoms with Gasteiger partial charge in [-0.3, -0.25) is 0 Å². The molecule has 2 unspecified atom stereocenters. The van der Waals surface area contributed by atoms with Gasteiger partial charge in [-0.25, -0.2) is 0 Å². The molecule has 2 N–H and O–H groups in total. The molecule has 1 saturated carbocycles. The summed E-state index contributed by atoms with van der Waals surface area (Å²) < 4.78 is 13.0. The van der Waals surface area contributed by atoms with Gasteiger partial charge in [0, 0.05) is 0 Å². The van der Waals surface area contributed by atoms with Gasteiger partial charge in [-0.15, -0.1) is 0 Å². The molecular formula is C9H18FN3. The number of rotatable bonds is 3. The van der Waals surface area contributed by atoms with Gasteiger partial charge in [-0.1, -0.05) is 30.7 Å². The van der Waals surface area contributed by atoms with E-state index in [9.17, 15) is 4.48 Å². The van der Waals surface area contributed by atoms with Crippen LogP contribution in [-0.2, 0) is 0 Å². The number of nitrogens with two attached hydrogens (primary N) is 1. The summed E-state index contributed by atoms with van der Waals surface area (Å²) in [5.74, 6) is 5.94. The van der Waals surface area contributed by atoms with Crippen molar-refractivity contribution in [1.29, 1.82) is 0 Å². The van der Waals surface area contributed by atoms with Crippen LogP contribution in [0, 0.1) is 11.8 Å². The normalized spacial score (nSPS) is 29.4. The Hall–Kier alpha value is -0.800. The Kier molecular flexibility index (Phi) is 3.99. The Morgan fingerprint density at radius 1 is 1.54 bits per heavy atom. The van der Waals surface area contributed by atoms with Crippen LogP contribution in [0.3, 0.4) is 0 Å². The van der Waals surface area contributed by atoms with E-state index in [1.165, 1.54) is 19.3 Å². The Bertz CT molecular complexity index is 172. The molecule has 13 heavy (non-hydrogen) atoms. The van der Waals surface area contributed by atoms with Crippen LogP contribution < -0.4 is 5.84 Å². The van der Waals surface area contributed by atoms with E-state index in [2.05, 4.69) is 12.0 Å². The number of hydrogen-bond donors (Lipinski definition) is 1. The lowest BCUT2D eigenvalue weighted by Crippen LogP contribution is -2.28. The van der Waals surface area contributed by atoms with E-state index >= 15 is 0 Å². The Labute approximate surface area is 78.7 Å². The molecule has 0 aliphatic heterocycles. The van der Waals surface area contributed by atoms with Gasteiger partial charge in [0.2, 0.25) is 0 Å². The monoisotopic (exact) mass is 187 g/mol. The molecule has 4 heteroatoms. The first-order valence-electron chi connectivity index (χ1n) is 4.90. The molecule has 1 aliphatic carbocycles. The van der Waals surface area contributed by atoms with Gasteiger partial charge in [0.05, 0.1) is 6.54 Å². The first kappa shape index (κ1) is 10.3. The number of hydrazone groups is 1. The van der Waals surface area contributed by atoms with Gasteiger partial charge < -0.3 is 5.84 Å². The van der Waals surface area contributed by atoms with Crippen molar-refractivity contribution in [2.75, 3.05) is 6.54 Å². The van der Waals surface area contributed by atoms with E-state index in [0.29, 0.717) is 23.5 Å². The minimum atomic E-state index is 0.432. The van der Waals surface area contributed by atoms with Crippen molar-refractivity contribution in [3.8, 4) is 0 Å². The Balaban J connectivity index is 2.33. The van der Waals surface area contributed by atoms with E-state index in [1.54, 1.807) is 0 Å². The summed E-state index contributed by atoms with van der Waals surface area (Å²) in [7, 11) is 0. The summed E-state index contributed by atoms with van der Waals surface area (Å²) in [6.07, 6.45) is 5.90. The first-order chi connectivity index (χ1) is 6.24. The Morgan fingerprint density at radius 2 is 2.23 bits per heavy atom. The number of nitrogens with zero attached hydrogens (tertiary/aromatic N) is 2. The molecule has 0 aromatic carbocycles. The van der Waals surface area contributed by atoms with Crippen LogP contribution in [0.4, 0.5) is 4.48 Å². The van der Waals surface area contributed by atoms with Crippen LogP contribution in [0.25, 0.3) is 0 Å². The SMILES string of the molecule is CC1CCCCC1CN(F)/C=N\N. The fourth-order valence-electron chi connectivity index (χ4n) is 2.01. The molecule has 0 bridgehead atoms. The highest BCUT2D eigenvalue weighted by molar-refractivity contribution is 5.52. The second-order valence-corrected chi connectivity index (χ2v) is 3.87. The van der Waals surface area contributed by atoms with Crippen molar-refractivity contribution >= 4 is 6.34 Å². The molecular weight excluding hydrogens is 169 g/mol. The Morgan fingerprint density at radius 3 is 2.85 bits per heavy atom. The van der Waals surface area contributed by atoms with Crippen LogP contribution >= 0.6 is 0 Å². The molecule has 1 fully saturated rings. The van der Waals surface area contributed by atoms with Crippen LogP contribution in [0.2, 0.25) is 0 Å². The zero-order valence-electron chi connectivity index (χ0n) is 8.12. The molecule has 0 spiro atoms. The minimum Gasteiger partial charge on any atom is -0.322 e. The van der Waals surface area contributed by atoms with Gasteiger partial charge in [-0.05, 0) is 18.3 Å². The molecule has 0 saturated heterocycles. The van der Waals surface area contributed by atoms with Crippen molar-refractivity contribution in [3.63, 3.8) is 0 Å². The van der Waals surface area contributed by atoms with E-state index in [4.69, 9.17) is 5.84 Å². The van der Waals surface area contributed by atoms with Gasteiger partial charge in [0.25, 0.3) is 0 Å². The molecule has 2 atom stereocenters. The third-order valence-corrected chi connectivity index (χ3v) is 2.89. The average molecular weight is 187 g/mol. The smallest absolute Gasteiger partial charge is 0.140 e. The van der Waals surface area contributed by atoms with Crippen LogP contribution in [0.15, 0.2) is 5.10 Å². The molecule has 1 rings (SSSR count). The quantitative estimate of drug-likeness (QED) is 0.241. The number of halogens is 1. The average Bonchev–Trinajstić information content (AvgIpc) is 2.09. The van der Waals surface area contributed by atoms with Crippen LogP contribution in [-0.4, -0.2) is 18.0 Å². The predicted molar refractivity (Wildman–Crippen MR) is 51.6 cm³/mol. The third-order valence-electron chi connectivity index (χ3n) is 2.89. The van der Waals surface area contributed by atoms with Crippen LogP contribution in [0.5, 0.6) is 0 Å². The molecule has 1 aliphatic rings. The summed E-state index contributed by atoms with van der Waals surface area (Å²) in [6.45, 7) is 2.62. The maximum absolute atomic E-state index is 13.0. The van der Waals surface area contributed by atoms with E-state index < -0.39 is 0 Å². The van der Waals surface area contributed by atoms with Gasteiger partial charge in [-0.2, -0.15) is 10.2 Å². The largest absolute Gasteiger partial charge is 0.322 e. The lowest BCUT2D eigenvalue weighted by atomic mass is 9.80. The fourth-order valence-corrected chi connectivity index (χ4v) is 2.01. The highest BCUT2D eigenvalue weighted by Crippen LogP contribution is 2.29. The highest BCUT2D eigenvalue weighted by Gasteiger charge is 2.22. The zero-order chi connectivity index (χ0) is 9.68. The third kappa shape index (κ3) is 3.20. The molecule has 0 heterocycles. The van der Waals surface area contributed by atoms with Crippen molar-refractivity contribution < 1.29 is 4.48 Å². The lowest BCUT2D eigenvalue weighted by molar-refractivity contribution is 0.0768. The topological polar surface area (TPSA) is 41.6 Å². The highest BCUT2D eigenvalue weighted by atomic mass is 19.2. The van der Waals surface area contributed by atoms with E-state index in [-0.39, 0.29) is 0 Å². The minimum absolute atomic E-state index is 0.432. The van der Waals surface area contributed by atoms with Crippen molar-refractivity contribution in [2.45, 2.75) is 32.6 Å². The predicted octanol–water partition coefficient (Wildman–Crippen LogP) is 1.90. The second kappa shape index (κ2) is 5.04. The van der Waals surface area contributed by atoms with Crippen molar-refractivity contribution in [2.24, 2.45) is 22.8 Å². The molecule has 0 aromatic rings. The van der Waals surface area contributed by atoms with Gasteiger partial charge in [0.1, 0.15) is 6.34 Å². The van der Waals surface area contributed by atoms with Crippen LogP contribution in [0.1, 0.15) is 32.6 Å². The molecule has 3 nitrogen and oxygen atoms in total. The summed E-state index contributed by atoms with van der Waals surface area (Å²) >= 11 is 0. The maximum atomic E-state index is 13.0. The zero-order valence-corrected chi connectivity index (χ0v) is 8.12. The molecule has 0 amide bonds. The molecule has 0 aromatic heterocycles. The van der Waals surface area contributed by atoms with E-state index in [0.717, 1.165) is 12.8 Å². The van der Waals surface area contributed by atoms with E-state index in [1.807, 2.05) is 0 Å². The van der Waals surface area contributed by atoms with Crippen molar-refractivity contribution in [1.82, 2.24) is 5.12 Å². The standard InChI is InChI=1S/C9H18FN3/c1-8-4-2-3-5-9(8)6-13(10)7-12-11/h7-9H,2-6,11H2,1H3/b12-7-. The van der Waals surface area contributed by atoms with Gasteiger partial charge in [0.15, 0.2) is 0 Å². The summed E-state index contributed by atoms with van der Waals surface area (Å²) in [4.78, 5) is 0. The molecule has 76 valence electrons.